The number of rotatable bonds is 3. The lowest BCUT2D eigenvalue weighted by atomic mass is 9.44. The molecular weight excluding hydrogens is 398 g/mol. The van der Waals surface area contributed by atoms with E-state index in [-0.39, 0.29) is 17.4 Å². The zero-order valence-electron chi connectivity index (χ0n) is 20.8. The predicted octanol–water partition coefficient (Wildman–Crippen LogP) is 5.09. The minimum Gasteiger partial charge on any atom is -0.460 e. The number of carbonyl (C=O) groups is 1. The van der Waals surface area contributed by atoms with E-state index in [1.165, 1.54) is 38.5 Å². The first kappa shape index (κ1) is 22.9. The zero-order valence-corrected chi connectivity index (χ0v) is 20.8. The molecule has 5 rings (SSSR count). The molecule has 4 heteroatoms. The van der Waals surface area contributed by atoms with Crippen LogP contribution in [-0.2, 0) is 9.53 Å². The maximum absolute atomic E-state index is 12.9. The summed E-state index contributed by atoms with van der Waals surface area (Å²) in [5.74, 6) is 3.02. The Kier molecular flexibility index (Phi) is 5.41. The lowest BCUT2D eigenvalue weighted by Gasteiger charge is -2.61. The van der Waals surface area contributed by atoms with E-state index < -0.39 is 11.6 Å². The largest absolute Gasteiger partial charge is 0.460 e. The Morgan fingerprint density at radius 1 is 1.03 bits per heavy atom. The standard InChI is InChI=1S/C28H45NO3/c1-16(2)17(3)8-13-28(31)24-23(32-25(28)30)15-22-20-7-6-18-14-19(29)9-11-26(18,4)21(20)10-12-27(22,24)5/h8,13,16-24,31H,6-7,9-12,14-15,29H2,1-5H3/b13-8+/t17-,18-,19-,20+,21-,22-,23-,24-,26-,27-,28-/m0/s1. The van der Waals surface area contributed by atoms with Gasteiger partial charge in [-0.3, -0.25) is 0 Å². The van der Waals surface area contributed by atoms with Gasteiger partial charge in [0.15, 0.2) is 5.60 Å². The second-order valence-electron chi connectivity index (χ2n) is 13.2. The highest BCUT2D eigenvalue weighted by Gasteiger charge is 2.71. The van der Waals surface area contributed by atoms with E-state index in [4.69, 9.17) is 10.5 Å². The van der Waals surface area contributed by atoms with Crippen LogP contribution in [0, 0.1) is 52.3 Å². The Labute approximate surface area is 194 Å². The molecule has 180 valence electrons. The number of ether oxygens (including phenoxy) is 1. The quantitative estimate of drug-likeness (QED) is 0.471. The van der Waals surface area contributed by atoms with Crippen molar-refractivity contribution in [2.75, 3.05) is 0 Å². The smallest absolute Gasteiger partial charge is 0.342 e. The first-order chi connectivity index (χ1) is 15.0. The molecule has 0 spiro atoms. The van der Waals surface area contributed by atoms with Gasteiger partial charge in [-0.2, -0.15) is 0 Å². The number of carbonyl (C=O) groups excluding carboxylic acids is 1. The van der Waals surface area contributed by atoms with E-state index in [0.29, 0.717) is 35.1 Å². The average Bonchev–Trinajstić information content (AvgIpc) is 3.17. The third-order valence-corrected chi connectivity index (χ3v) is 11.5. The maximum Gasteiger partial charge on any atom is 0.342 e. The third-order valence-electron chi connectivity index (χ3n) is 11.5. The second kappa shape index (κ2) is 7.57. The van der Waals surface area contributed by atoms with E-state index in [9.17, 15) is 9.90 Å². The summed E-state index contributed by atoms with van der Waals surface area (Å²) in [7, 11) is 0. The van der Waals surface area contributed by atoms with Crippen molar-refractivity contribution in [3.63, 3.8) is 0 Å². The van der Waals surface area contributed by atoms with Crippen LogP contribution in [0.5, 0.6) is 0 Å². The minimum absolute atomic E-state index is 0.0353. The summed E-state index contributed by atoms with van der Waals surface area (Å²) < 4.78 is 5.92. The number of esters is 1. The molecule has 11 atom stereocenters. The van der Waals surface area contributed by atoms with Gasteiger partial charge in [-0.25, -0.2) is 4.79 Å². The highest BCUT2D eigenvalue weighted by Crippen LogP contribution is 2.70. The molecule has 1 saturated heterocycles. The topological polar surface area (TPSA) is 72.5 Å². The molecular formula is C28H45NO3. The molecule has 32 heavy (non-hydrogen) atoms. The van der Waals surface area contributed by atoms with Crippen LogP contribution in [0.1, 0.15) is 86.0 Å². The summed E-state index contributed by atoms with van der Waals surface area (Å²) in [6.45, 7) is 11.4. The van der Waals surface area contributed by atoms with Crippen molar-refractivity contribution >= 4 is 5.97 Å². The normalized spacial score (nSPS) is 53.5. The van der Waals surface area contributed by atoms with E-state index >= 15 is 0 Å². The Balaban J connectivity index is 1.43. The Bertz CT molecular complexity index is 794. The Morgan fingerprint density at radius 2 is 1.75 bits per heavy atom. The maximum atomic E-state index is 12.9. The highest BCUT2D eigenvalue weighted by molar-refractivity contribution is 5.85. The van der Waals surface area contributed by atoms with E-state index in [0.717, 1.165) is 24.7 Å². The van der Waals surface area contributed by atoms with Crippen molar-refractivity contribution < 1.29 is 14.6 Å². The van der Waals surface area contributed by atoms with Crippen molar-refractivity contribution in [3.8, 4) is 0 Å². The van der Waals surface area contributed by atoms with Crippen molar-refractivity contribution in [1.29, 1.82) is 0 Å². The van der Waals surface area contributed by atoms with E-state index in [1.807, 2.05) is 12.2 Å². The van der Waals surface area contributed by atoms with Crippen LogP contribution >= 0.6 is 0 Å². The second-order valence-corrected chi connectivity index (χ2v) is 13.2. The van der Waals surface area contributed by atoms with Crippen LogP contribution in [-0.4, -0.2) is 28.8 Å². The van der Waals surface area contributed by atoms with E-state index in [1.54, 1.807) is 0 Å². The molecule has 0 aromatic carbocycles. The monoisotopic (exact) mass is 443 g/mol. The van der Waals surface area contributed by atoms with Gasteiger partial charge >= 0.3 is 5.97 Å². The highest BCUT2D eigenvalue weighted by atomic mass is 16.6. The molecule has 5 fully saturated rings. The molecule has 5 aliphatic rings. The van der Waals surface area contributed by atoms with E-state index in [2.05, 4.69) is 34.6 Å². The van der Waals surface area contributed by atoms with Crippen molar-refractivity contribution in [1.82, 2.24) is 0 Å². The number of hydrogen-bond acceptors (Lipinski definition) is 4. The van der Waals surface area contributed by atoms with Crippen molar-refractivity contribution in [2.24, 2.45) is 58.0 Å². The number of aliphatic hydroxyl groups is 1. The fraction of sp³-hybridized carbons (Fsp3) is 0.893. The van der Waals surface area contributed by atoms with Crippen LogP contribution in [0.4, 0.5) is 0 Å². The van der Waals surface area contributed by atoms with Crippen molar-refractivity contribution in [3.05, 3.63) is 12.2 Å². The van der Waals surface area contributed by atoms with Gasteiger partial charge in [-0.1, -0.05) is 40.7 Å². The summed E-state index contributed by atoms with van der Waals surface area (Å²) in [6, 6.07) is 0.388. The average molecular weight is 444 g/mol. The van der Waals surface area contributed by atoms with Crippen LogP contribution in [0.2, 0.25) is 0 Å². The molecule has 0 aromatic heterocycles. The summed E-state index contributed by atoms with van der Waals surface area (Å²) in [5.41, 5.74) is 5.28. The molecule has 0 bridgehead atoms. The Morgan fingerprint density at radius 3 is 2.47 bits per heavy atom. The molecule has 4 saturated carbocycles. The lowest BCUT2D eigenvalue weighted by molar-refractivity contribution is -0.159. The molecule has 4 aliphatic carbocycles. The van der Waals surface area contributed by atoms with Crippen LogP contribution in [0.15, 0.2) is 12.2 Å². The fourth-order valence-corrected chi connectivity index (χ4v) is 9.23. The number of fused-ring (bicyclic) bond motifs is 7. The molecule has 1 aliphatic heterocycles. The van der Waals surface area contributed by atoms with Gasteiger partial charge in [0.1, 0.15) is 6.10 Å². The summed E-state index contributed by atoms with van der Waals surface area (Å²) >= 11 is 0. The first-order valence-corrected chi connectivity index (χ1v) is 13.4. The van der Waals surface area contributed by atoms with Crippen LogP contribution < -0.4 is 5.73 Å². The summed E-state index contributed by atoms with van der Waals surface area (Å²) in [5, 5.41) is 11.8. The van der Waals surface area contributed by atoms with Gasteiger partial charge in [0, 0.05) is 12.0 Å². The van der Waals surface area contributed by atoms with Gasteiger partial charge in [0.2, 0.25) is 0 Å². The molecule has 3 N–H and O–H groups in total. The predicted molar refractivity (Wildman–Crippen MR) is 127 cm³/mol. The molecule has 0 aromatic rings. The van der Waals surface area contributed by atoms with Crippen LogP contribution in [0.3, 0.4) is 0 Å². The molecule has 1 heterocycles. The number of allylic oxidation sites excluding steroid dienone is 1. The SMILES string of the molecule is CC(C)[C@@H](C)/C=C/[C@@]1(O)C(=O)O[C@H]2C[C@H]3[C@@H]4CC[C@H]5C[C@@H](N)CC[C@]5(C)[C@H]4CC[C@]3(C)[C@H]21. The number of hydrogen-bond donors (Lipinski definition) is 2. The fourth-order valence-electron chi connectivity index (χ4n) is 9.23. The van der Waals surface area contributed by atoms with Gasteiger partial charge in [0.05, 0.1) is 0 Å². The van der Waals surface area contributed by atoms with Gasteiger partial charge < -0.3 is 15.6 Å². The summed E-state index contributed by atoms with van der Waals surface area (Å²) in [4.78, 5) is 12.9. The van der Waals surface area contributed by atoms with Crippen molar-refractivity contribution in [2.45, 2.75) is 104 Å². The van der Waals surface area contributed by atoms with Crippen LogP contribution in [0.25, 0.3) is 0 Å². The summed E-state index contributed by atoms with van der Waals surface area (Å²) in [6.07, 6.45) is 13.2. The molecule has 0 radical (unpaired) electrons. The van der Waals surface area contributed by atoms with Gasteiger partial charge in [-0.15, -0.1) is 0 Å². The number of nitrogens with two attached hydrogens (primary N) is 1. The Hall–Kier alpha value is -0.870. The van der Waals surface area contributed by atoms with Gasteiger partial charge in [0.25, 0.3) is 0 Å². The minimum atomic E-state index is -1.47. The lowest BCUT2D eigenvalue weighted by Crippen LogP contribution is -2.56. The molecule has 0 unspecified atom stereocenters. The third kappa shape index (κ3) is 3.11. The first-order valence-electron chi connectivity index (χ1n) is 13.4. The van der Waals surface area contributed by atoms with Gasteiger partial charge in [-0.05, 0) is 104 Å². The molecule has 4 nitrogen and oxygen atoms in total. The molecule has 0 amide bonds. The zero-order chi connectivity index (χ0) is 23.1.